The summed E-state index contributed by atoms with van der Waals surface area (Å²) in [7, 11) is 10.1. The average molecular weight is 207 g/mol. The number of hydrogen-bond acceptors (Lipinski definition) is 1. The molecular formula is H7NP6. The molecule has 0 aromatic rings. The standard InChI is InChI=1S/H7NP6/c2-1-5-7(4)6-3/h6H,2-4H2. The summed E-state index contributed by atoms with van der Waals surface area (Å²) in [6, 6.07) is 0. The van der Waals surface area contributed by atoms with Crippen molar-refractivity contribution < 1.29 is 0 Å². The highest BCUT2D eigenvalue weighted by Gasteiger charge is 1.88. The second-order valence-corrected chi connectivity index (χ2v) is 14.6. The van der Waals surface area contributed by atoms with Gasteiger partial charge < -0.3 is 0 Å². The summed E-state index contributed by atoms with van der Waals surface area (Å²) >= 11 is 0. The number of rotatable bonds is 2. The van der Waals surface area contributed by atoms with Crippen LogP contribution in [0.15, 0.2) is 4.52 Å². The van der Waals surface area contributed by atoms with Crippen LogP contribution in [0.5, 0.6) is 0 Å². The third kappa shape index (κ3) is 6.13. The van der Waals surface area contributed by atoms with Crippen molar-refractivity contribution in [1.29, 1.82) is 0 Å². The Balaban J connectivity index is 3.16. The Morgan fingerprint density at radius 2 is 2.29 bits per heavy atom. The molecule has 0 spiro atoms. The normalized spacial score (nSPS) is 17.0. The van der Waals surface area contributed by atoms with Crippen molar-refractivity contribution in [3.8, 4) is 0 Å². The molecule has 0 aromatic heterocycles. The van der Waals surface area contributed by atoms with Crippen molar-refractivity contribution in [3.05, 3.63) is 0 Å². The molecule has 0 saturated carbocycles. The van der Waals surface area contributed by atoms with Gasteiger partial charge in [0.05, 0.1) is 0 Å². The van der Waals surface area contributed by atoms with Crippen LogP contribution in [0.25, 0.3) is 0 Å². The molecule has 0 amide bonds. The minimum Gasteiger partial charge on any atom is -0.247 e. The third-order valence-electron chi connectivity index (χ3n) is 0.280. The van der Waals surface area contributed by atoms with E-state index >= 15 is 0 Å². The zero-order valence-corrected chi connectivity index (χ0v) is 9.83. The topological polar surface area (TPSA) is 12.4 Å². The molecule has 42 valence electrons. The zero-order valence-electron chi connectivity index (χ0n) is 3.57. The Labute approximate surface area is 55.2 Å². The van der Waals surface area contributed by atoms with Crippen molar-refractivity contribution in [2.45, 2.75) is 0 Å². The quantitative estimate of drug-likeness (QED) is 0.614. The van der Waals surface area contributed by atoms with E-state index in [-0.39, 0.29) is 6.99 Å². The molecule has 0 rings (SSSR count). The summed E-state index contributed by atoms with van der Waals surface area (Å²) in [5.74, 6) is 0. The van der Waals surface area contributed by atoms with Gasteiger partial charge in [0, 0.05) is 15.0 Å². The summed E-state index contributed by atoms with van der Waals surface area (Å²) in [4.78, 5) is 0. The van der Waals surface area contributed by atoms with Crippen LogP contribution in [0.4, 0.5) is 0 Å². The van der Waals surface area contributed by atoms with Gasteiger partial charge in [0.15, 0.2) is 0 Å². The van der Waals surface area contributed by atoms with Gasteiger partial charge in [0.25, 0.3) is 0 Å². The maximum atomic E-state index is 3.90. The predicted molar refractivity (Wildman–Crippen MR) is 53.7 cm³/mol. The van der Waals surface area contributed by atoms with E-state index in [2.05, 4.69) is 31.8 Å². The molecule has 7 heavy (non-hydrogen) atoms. The van der Waals surface area contributed by atoms with E-state index in [0.29, 0.717) is 0 Å². The predicted octanol–water partition coefficient (Wildman–Crippen LogP) is 3.48. The van der Waals surface area contributed by atoms with Crippen molar-refractivity contribution in [2.24, 2.45) is 4.52 Å². The van der Waals surface area contributed by atoms with Crippen LogP contribution in [-0.4, -0.2) is 0 Å². The Morgan fingerprint density at radius 1 is 1.71 bits per heavy atom. The highest BCUT2D eigenvalue weighted by Crippen LogP contribution is 2.75. The van der Waals surface area contributed by atoms with Gasteiger partial charge in [0.2, 0.25) is 0 Å². The Bertz CT molecular complexity index is 57.2. The van der Waals surface area contributed by atoms with Gasteiger partial charge >= 0.3 is 0 Å². The van der Waals surface area contributed by atoms with Gasteiger partial charge in [-0.2, -0.15) is 0 Å². The molecule has 0 heterocycles. The van der Waals surface area contributed by atoms with Crippen LogP contribution < -0.4 is 0 Å². The fraction of sp³-hybridized carbons (Fsp3) is 0. The van der Waals surface area contributed by atoms with Crippen LogP contribution in [0.2, 0.25) is 0 Å². The Hall–Kier alpha value is 2.25. The van der Waals surface area contributed by atoms with Crippen LogP contribution >= 0.6 is 50.3 Å². The minimum atomic E-state index is 0.114. The number of nitrogens with zero attached hydrogens (tertiary/aromatic N) is 1. The smallest absolute Gasteiger partial charge is 0.0430 e. The van der Waals surface area contributed by atoms with Crippen LogP contribution in [0.3, 0.4) is 0 Å². The van der Waals surface area contributed by atoms with Crippen molar-refractivity contribution in [2.75, 3.05) is 0 Å². The molecule has 0 aliphatic carbocycles. The van der Waals surface area contributed by atoms with Gasteiger partial charge in [-0.1, -0.05) is 16.9 Å². The highest BCUT2D eigenvalue weighted by atomic mass is 32.8. The fourth-order valence-electron chi connectivity index (χ4n) is 0.0815. The lowest BCUT2D eigenvalue weighted by atomic mass is 13.9. The van der Waals surface area contributed by atoms with E-state index < -0.39 is 0 Å². The SMILES string of the molecule is PN=PP(P)PP. The van der Waals surface area contributed by atoms with Gasteiger partial charge in [0.1, 0.15) is 0 Å². The van der Waals surface area contributed by atoms with E-state index in [9.17, 15) is 0 Å². The van der Waals surface area contributed by atoms with E-state index in [4.69, 9.17) is 0 Å². The molecule has 5 unspecified atom stereocenters. The van der Waals surface area contributed by atoms with Crippen LogP contribution in [0.1, 0.15) is 0 Å². The fourth-order valence-corrected chi connectivity index (χ4v) is 6.60. The molecule has 0 N–H and O–H groups in total. The van der Waals surface area contributed by atoms with Crippen LogP contribution in [0, 0.1) is 0 Å². The van der Waals surface area contributed by atoms with Crippen LogP contribution in [-0.2, 0) is 0 Å². The van der Waals surface area contributed by atoms with Gasteiger partial charge in [-0.15, -0.1) is 8.93 Å². The van der Waals surface area contributed by atoms with E-state index in [0.717, 1.165) is 7.96 Å². The summed E-state index contributed by atoms with van der Waals surface area (Å²) < 4.78 is 3.90. The summed E-state index contributed by atoms with van der Waals surface area (Å²) in [6.45, 7) is 0.114. The first-order valence-corrected chi connectivity index (χ1v) is 10.1. The van der Waals surface area contributed by atoms with Crippen molar-refractivity contribution in [3.63, 3.8) is 0 Å². The lowest BCUT2D eigenvalue weighted by Crippen LogP contribution is -1.10. The first kappa shape index (κ1) is 9.25. The molecule has 0 radical (unpaired) electrons. The lowest BCUT2D eigenvalue weighted by molar-refractivity contribution is 2.11. The van der Waals surface area contributed by atoms with Crippen molar-refractivity contribution in [1.82, 2.24) is 0 Å². The molecule has 5 atom stereocenters. The molecule has 1 nitrogen and oxygen atoms in total. The minimum absolute atomic E-state index is 0.114. The lowest BCUT2D eigenvalue weighted by Gasteiger charge is -1.93. The van der Waals surface area contributed by atoms with Crippen molar-refractivity contribution >= 4 is 50.3 Å². The summed E-state index contributed by atoms with van der Waals surface area (Å²) in [5, 5.41) is 0. The second-order valence-electron chi connectivity index (χ2n) is 0.679. The van der Waals surface area contributed by atoms with E-state index in [1.54, 1.807) is 0 Å². The summed E-state index contributed by atoms with van der Waals surface area (Å²) in [6.07, 6.45) is 0. The van der Waals surface area contributed by atoms with E-state index in [1.807, 2.05) is 0 Å². The largest absolute Gasteiger partial charge is 0.247 e. The van der Waals surface area contributed by atoms with E-state index in [1.165, 1.54) is 8.06 Å². The maximum Gasteiger partial charge on any atom is 0.0430 e. The summed E-state index contributed by atoms with van der Waals surface area (Å²) in [5.41, 5.74) is 0. The molecule has 0 aromatic carbocycles. The number of hydrogen-bond donors (Lipinski definition) is 0. The Kier molecular flexibility index (Phi) is 8.42. The second kappa shape index (κ2) is 6.37. The van der Waals surface area contributed by atoms with Gasteiger partial charge in [-0.25, -0.2) is 4.52 Å². The molecule has 0 aliphatic heterocycles. The molecular weight excluding hydrogens is 200 g/mol. The first-order valence-electron chi connectivity index (χ1n) is 1.43. The highest BCUT2D eigenvalue weighted by molar-refractivity contribution is 8.78. The molecule has 0 aliphatic rings. The zero-order chi connectivity index (χ0) is 5.70. The Morgan fingerprint density at radius 3 is 2.43 bits per heavy atom. The molecule has 0 fully saturated rings. The first-order chi connectivity index (χ1) is 3.31. The van der Waals surface area contributed by atoms with Gasteiger partial charge in [-0.05, 0) is 9.39 Å². The third-order valence-corrected chi connectivity index (χ3v) is 14.7. The molecule has 7 heteroatoms. The molecule has 0 bridgehead atoms. The van der Waals surface area contributed by atoms with Gasteiger partial charge in [-0.3, -0.25) is 0 Å². The maximum absolute atomic E-state index is 3.90. The molecule has 0 saturated heterocycles. The monoisotopic (exact) mass is 207 g/mol. The average Bonchev–Trinajstić information content (AvgIpc) is 1.68.